The van der Waals surface area contributed by atoms with Crippen LogP contribution in [-0.4, -0.2) is 30.9 Å². The lowest BCUT2D eigenvalue weighted by atomic mass is 10.0. The molecule has 1 aromatic heterocycles. The predicted octanol–water partition coefficient (Wildman–Crippen LogP) is 4.07. The van der Waals surface area contributed by atoms with E-state index in [1.807, 2.05) is 0 Å². The number of benzene rings is 2. The van der Waals surface area contributed by atoms with Crippen molar-refractivity contribution in [2.75, 3.05) is 0 Å². The van der Waals surface area contributed by atoms with Crippen LogP contribution in [0.2, 0.25) is 5.02 Å². The highest BCUT2D eigenvalue weighted by Crippen LogP contribution is 2.34. The third-order valence-electron chi connectivity index (χ3n) is 4.05. The van der Waals surface area contributed by atoms with Crippen LogP contribution < -0.4 is 0 Å². The van der Waals surface area contributed by atoms with Crippen molar-refractivity contribution in [2.24, 2.45) is 0 Å². The number of aromatic hydroxyl groups is 1. The quantitative estimate of drug-likeness (QED) is 0.503. The summed E-state index contributed by atoms with van der Waals surface area (Å²) in [5, 5.41) is 35.4. The van der Waals surface area contributed by atoms with E-state index in [-0.39, 0.29) is 16.8 Å². The molecule has 0 radical (unpaired) electrons. The van der Waals surface area contributed by atoms with Crippen molar-refractivity contribution in [1.29, 1.82) is 0 Å². The number of carbonyl (C=O) groups is 1. The van der Waals surface area contributed by atoms with Crippen molar-refractivity contribution in [1.82, 2.24) is 9.78 Å². The Morgan fingerprint density at radius 2 is 1.93 bits per heavy atom. The zero-order chi connectivity index (χ0) is 19.7. The Bertz CT molecular complexity index is 1040. The van der Waals surface area contributed by atoms with E-state index in [1.165, 1.54) is 10.7 Å². The van der Waals surface area contributed by atoms with Gasteiger partial charge in [0.15, 0.2) is 5.75 Å². The fourth-order valence-corrected chi connectivity index (χ4v) is 2.95. The van der Waals surface area contributed by atoms with Gasteiger partial charge < -0.3 is 10.2 Å². The number of carboxylic acids is 1. The molecule has 0 atom stereocenters. The van der Waals surface area contributed by atoms with Crippen LogP contribution in [0.1, 0.15) is 23.0 Å². The van der Waals surface area contributed by atoms with E-state index < -0.39 is 22.3 Å². The van der Waals surface area contributed by atoms with Gasteiger partial charge in [-0.1, -0.05) is 18.5 Å². The second-order valence-corrected chi connectivity index (χ2v) is 6.11. The first kappa shape index (κ1) is 18.4. The first-order valence-electron chi connectivity index (χ1n) is 7.92. The smallest absolute Gasteiger partial charge is 0.339 e. The number of phenols is 1. The number of phenolic OH excluding ortho intramolecular Hbond substituents is 1. The largest absolute Gasteiger partial charge is 0.502 e. The summed E-state index contributed by atoms with van der Waals surface area (Å²) in [6, 6.07) is 10.3. The van der Waals surface area contributed by atoms with Crippen molar-refractivity contribution in [3.63, 3.8) is 0 Å². The van der Waals surface area contributed by atoms with E-state index >= 15 is 0 Å². The van der Waals surface area contributed by atoms with Crippen LogP contribution in [-0.2, 0) is 6.42 Å². The van der Waals surface area contributed by atoms with Crippen LogP contribution in [0.15, 0.2) is 42.5 Å². The number of hydrogen-bond donors (Lipinski definition) is 2. The molecule has 138 valence electrons. The molecule has 3 aromatic rings. The molecule has 0 spiro atoms. The molecule has 0 aliphatic rings. The molecular formula is C18H14ClN3O5. The van der Waals surface area contributed by atoms with Crippen molar-refractivity contribution < 1.29 is 19.9 Å². The Labute approximate surface area is 158 Å². The summed E-state index contributed by atoms with van der Waals surface area (Å²) < 4.78 is 1.49. The Morgan fingerprint density at radius 1 is 1.26 bits per heavy atom. The summed E-state index contributed by atoms with van der Waals surface area (Å²) in [7, 11) is 0. The molecule has 1 heterocycles. The first-order valence-corrected chi connectivity index (χ1v) is 8.30. The average Bonchev–Trinajstić information content (AvgIpc) is 3.01. The zero-order valence-corrected chi connectivity index (χ0v) is 14.8. The molecule has 0 fully saturated rings. The first-order chi connectivity index (χ1) is 12.8. The van der Waals surface area contributed by atoms with E-state index in [9.17, 15) is 25.1 Å². The molecule has 0 unspecified atom stereocenters. The maximum Gasteiger partial charge on any atom is 0.339 e. The maximum absolute atomic E-state index is 11.9. The van der Waals surface area contributed by atoms with Gasteiger partial charge in [-0.2, -0.15) is 5.10 Å². The van der Waals surface area contributed by atoms with Gasteiger partial charge in [0.25, 0.3) is 0 Å². The average molecular weight is 388 g/mol. The molecule has 0 aliphatic heterocycles. The number of nitro benzene ring substituents is 1. The van der Waals surface area contributed by atoms with Gasteiger partial charge in [-0.3, -0.25) is 10.1 Å². The highest BCUT2D eigenvalue weighted by Gasteiger charge is 2.25. The SMILES string of the molecule is CCc1c(C(=O)O)c(-c2ccc([N+](=O)[O-])c(O)c2)nn1-c1ccc(Cl)cc1. The summed E-state index contributed by atoms with van der Waals surface area (Å²) in [6.07, 6.45) is 0.385. The summed E-state index contributed by atoms with van der Waals surface area (Å²) in [5.74, 6) is -1.74. The zero-order valence-electron chi connectivity index (χ0n) is 14.1. The van der Waals surface area contributed by atoms with Gasteiger partial charge in [0.1, 0.15) is 11.3 Å². The lowest BCUT2D eigenvalue weighted by molar-refractivity contribution is -0.385. The number of aromatic carboxylic acids is 1. The molecule has 2 N–H and O–H groups in total. The fourth-order valence-electron chi connectivity index (χ4n) is 2.83. The molecular weight excluding hydrogens is 374 g/mol. The van der Waals surface area contributed by atoms with Gasteiger partial charge in [-0.15, -0.1) is 0 Å². The van der Waals surface area contributed by atoms with Crippen molar-refractivity contribution in [2.45, 2.75) is 13.3 Å². The third-order valence-corrected chi connectivity index (χ3v) is 4.30. The standard InChI is InChI=1S/C18H14ClN3O5/c1-2-13-16(18(24)25)17(10-3-8-14(22(26)27)15(23)9-10)20-21(13)12-6-4-11(19)5-7-12/h3-9,23H,2H2,1H3,(H,24,25). The molecule has 8 nitrogen and oxygen atoms in total. The number of carboxylic acid groups (broad SMARTS) is 1. The number of nitrogens with zero attached hydrogens (tertiary/aromatic N) is 3. The van der Waals surface area contributed by atoms with Crippen LogP contribution in [0.4, 0.5) is 5.69 Å². The van der Waals surface area contributed by atoms with Gasteiger partial charge in [-0.25, -0.2) is 9.48 Å². The molecule has 3 rings (SSSR count). The highest BCUT2D eigenvalue weighted by atomic mass is 35.5. The van der Waals surface area contributed by atoms with Gasteiger partial charge >= 0.3 is 11.7 Å². The van der Waals surface area contributed by atoms with Crippen molar-refractivity contribution in [3.05, 3.63) is 68.9 Å². The van der Waals surface area contributed by atoms with E-state index in [1.54, 1.807) is 31.2 Å². The molecule has 0 bridgehead atoms. The lowest BCUT2D eigenvalue weighted by Crippen LogP contribution is -2.05. The van der Waals surface area contributed by atoms with Gasteiger partial charge in [0.05, 0.1) is 16.3 Å². The van der Waals surface area contributed by atoms with Crippen LogP contribution >= 0.6 is 11.6 Å². The van der Waals surface area contributed by atoms with Gasteiger partial charge in [0.2, 0.25) is 0 Å². The van der Waals surface area contributed by atoms with Crippen molar-refractivity contribution >= 4 is 23.3 Å². The molecule has 2 aromatic carbocycles. The summed E-state index contributed by atoms with van der Waals surface area (Å²) in [5.41, 5.74) is 0.954. The van der Waals surface area contributed by atoms with E-state index in [2.05, 4.69) is 5.10 Å². The second-order valence-electron chi connectivity index (χ2n) is 5.68. The number of nitro groups is 1. The highest BCUT2D eigenvalue weighted by molar-refractivity contribution is 6.30. The number of halogens is 1. The van der Waals surface area contributed by atoms with Crippen LogP contribution in [0.5, 0.6) is 5.75 Å². The minimum atomic E-state index is -1.18. The topological polar surface area (TPSA) is 118 Å². The normalized spacial score (nSPS) is 10.7. The number of aromatic nitrogens is 2. The summed E-state index contributed by atoms with van der Waals surface area (Å²) in [4.78, 5) is 22.0. The van der Waals surface area contributed by atoms with E-state index in [0.717, 1.165) is 12.1 Å². The molecule has 9 heteroatoms. The monoisotopic (exact) mass is 387 g/mol. The van der Waals surface area contributed by atoms with E-state index in [4.69, 9.17) is 11.6 Å². The molecule has 0 amide bonds. The van der Waals surface area contributed by atoms with Gasteiger partial charge in [-0.05, 0) is 42.8 Å². The second kappa shape index (κ2) is 7.08. The maximum atomic E-state index is 11.9. The fraction of sp³-hybridized carbons (Fsp3) is 0.111. The predicted molar refractivity (Wildman–Crippen MR) is 98.7 cm³/mol. The summed E-state index contributed by atoms with van der Waals surface area (Å²) in [6.45, 7) is 1.80. The minimum absolute atomic E-state index is 0.0271. The van der Waals surface area contributed by atoms with Crippen LogP contribution in [0.25, 0.3) is 16.9 Å². The van der Waals surface area contributed by atoms with E-state index in [0.29, 0.717) is 22.8 Å². The Morgan fingerprint density at radius 3 is 2.44 bits per heavy atom. The molecule has 0 saturated heterocycles. The minimum Gasteiger partial charge on any atom is -0.502 e. The van der Waals surface area contributed by atoms with Crippen molar-refractivity contribution in [3.8, 4) is 22.7 Å². The molecule has 0 aliphatic carbocycles. The molecule has 0 saturated carbocycles. The summed E-state index contributed by atoms with van der Waals surface area (Å²) >= 11 is 5.91. The Hall–Kier alpha value is -3.39. The van der Waals surface area contributed by atoms with Crippen LogP contribution in [0, 0.1) is 10.1 Å². The Kier molecular flexibility index (Phi) is 4.83. The lowest BCUT2D eigenvalue weighted by Gasteiger charge is -2.06. The Balaban J connectivity index is 2.24. The number of hydrogen-bond acceptors (Lipinski definition) is 5. The number of rotatable bonds is 5. The molecule has 27 heavy (non-hydrogen) atoms. The third kappa shape index (κ3) is 3.34. The van der Waals surface area contributed by atoms with Crippen LogP contribution in [0.3, 0.4) is 0 Å². The van der Waals surface area contributed by atoms with Gasteiger partial charge in [0, 0.05) is 16.7 Å².